The summed E-state index contributed by atoms with van der Waals surface area (Å²) in [5.74, 6) is -0.219. The van der Waals surface area contributed by atoms with E-state index in [0.29, 0.717) is 20.4 Å². The summed E-state index contributed by atoms with van der Waals surface area (Å²) in [5, 5.41) is 15.8. The maximum Gasteiger partial charge on any atom is 0.459 e. The number of nitrogens with zero attached hydrogens (tertiary/aromatic N) is 4. The summed E-state index contributed by atoms with van der Waals surface area (Å²) in [6.07, 6.45) is -1.64. The number of aromatic nitrogens is 4. The number of esters is 1. The van der Waals surface area contributed by atoms with Crippen LogP contribution < -0.4 is 20.1 Å². The molecule has 4 N–H and O–H groups in total. The van der Waals surface area contributed by atoms with Crippen LogP contribution in [0, 0.1) is 3.83 Å². The van der Waals surface area contributed by atoms with Crippen molar-refractivity contribution in [2.24, 2.45) is 0 Å². The van der Waals surface area contributed by atoms with Gasteiger partial charge in [0.1, 0.15) is 24.0 Å². The molecular weight excluding hydrogens is 754 g/mol. The first-order valence-corrected chi connectivity index (χ1v) is 17.6. The van der Waals surface area contributed by atoms with Gasteiger partial charge in [-0.3, -0.25) is 13.9 Å². The van der Waals surface area contributed by atoms with Crippen LogP contribution in [0.4, 0.5) is 5.95 Å². The largest absolute Gasteiger partial charge is 0.479 e. The third-order valence-electron chi connectivity index (χ3n) is 7.73. The Kier molecular flexibility index (Phi) is 9.88. The van der Waals surface area contributed by atoms with Gasteiger partial charge in [0.25, 0.3) is 0 Å². The molecule has 14 nitrogen and oxygen atoms in total. The molecule has 1 saturated heterocycles. The van der Waals surface area contributed by atoms with Crippen molar-refractivity contribution in [3.63, 3.8) is 0 Å². The quantitative estimate of drug-likeness (QED) is 0.0655. The highest BCUT2D eigenvalue weighted by atomic mass is 127. The topological polar surface area (TPSA) is 182 Å². The molecule has 0 aliphatic carbocycles. The summed E-state index contributed by atoms with van der Waals surface area (Å²) < 4.78 is 45.6. The first-order valence-electron chi connectivity index (χ1n) is 15.0. The molecule has 1 aliphatic rings. The lowest BCUT2D eigenvalue weighted by Gasteiger charge is -2.25. The molecule has 0 amide bonds. The fourth-order valence-electron chi connectivity index (χ4n) is 5.48. The maximum absolute atomic E-state index is 14.4. The SMILES string of the molecule is COc1nc(N)nc2c1nc(I)n2C1O[C@H](COP(=O)(N[C@@H](C)C(=O)OCc2ccccc2)Oc2cccc3ccccc23)C[C@@]1(C)O. The van der Waals surface area contributed by atoms with E-state index in [9.17, 15) is 14.5 Å². The number of nitrogens with two attached hydrogens (primary N) is 1. The average molecular weight is 789 g/mol. The predicted octanol–water partition coefficient (Wildman–Crippen LogP) is 5.14. The lowest BCUT2D eigenvalue weighted by atomic mass is 10.0. The Morgan fingerprint density at radius 2 is 1.88 bits per heavy atom. The van der Waals surface area contributed by atoms with E-state index in [0.717, 1.165) is 10.9 Å². The van der Waals surface area contributed by atoms with Gasteiger partial charge in [-0.25, -0.2) is 9.55 Å². The molecule has 48 heavy (non-hydrogen) atoms. The van der Waals surface area contributed by atoms with Crippen LogP contribution in [-0.2, 0) is 30.0 Å². The Balaban J connectivity index is 1.23. The molecule has 6 rings (SSSR count). The zero-order valence-electron chi connectivity index (χ0n) is 26.3. The van der Waals surface area contributed by atoms with Crippen molar-refractivity contribution in [2.45, 2.75) is 50.8 Å². The number of imidazole rings is 1. The van der Waals surface area contributed by atoms with E-state index in [1.165, 1.54) is 14.0 Å². The Hall–Kier alpha value is -3.86. The van der Waals surface area contributed by atoms with Crippen LogP contribution in [0.3, 0.4) is 0 Å². The van der Waals surface area contributed by atoms with Gasteiger partial charge in [0.15, 0.2) is 21.2 Å². The molecule has 16 heteroatoms. The minimum Gasteiger partial charge on any atom is -0.479 e. The van der Waals surface area contributed by atoms with Crippen molar-refractivity contribution < 1.29 is 37.7 Å². The normalized spacial score (nSPS) is 21.2. The number of carbonyl (C=O) groups is 1. The number of ether oxygens (including phenoxy) is 3. The number of hydrogen-bond donors (Lipinski definition) is 3. The molecule has 5 aromatic rings. The van der Waals surface area contributed by atoms with Crippen LogP contribution >= 0.6 is 30.3 Å². The summed E-state index contributed by atoms with van der Waals surface area (Å²) in [7, 11) is -2.83. The van der Waals surface area contributed by atoms with Crippen molar-refractivity contribution >= 4 is 64.2 Å². The van der Waals surface area contributed by atoms with Crippen LogP contribution in [-0.4, -0.2) is 62.1 Å². The second kappa shape index (κ2) is 13.9. The summed E-state index contributed by atoms with van der Waals surface area (Å²) in [6.45, 7) is 2.89. The molecule has 0 radical (unpaired) electrons. The summed E-state index contributed by atoms with van der Waals surface area (Å²) in [4.78, 5) is 25.9. The molecule has 2 aromatic heterocycles. The van der Waals surface area contributed by atoms with E-state index in [-0.39, 0.29) is 37.2 Å². The number of carbonyl (C=O) groups excluding carboxylic acids is 1. The number of nitrogens with one attached hydrogen (secondary N) is 1. The van der Waals surface area contributed by atoms with Gasteiger partial charge in [0.2, 0.25) is 11.8 Å². The van der Waals surface area contributed by atoms with Crippen LogP contribution in [0.15, 0.2) is 72.8 Å². The summed E-state index contributed by atoms with van der Waals surface area (Å²) in [5.41, 5.74) is 5.95. The zero-order chi connectivity index (χ0) is 34.1. The smallest absolute Gasteiger partial charge is 0.459 e. The molecule has 3 heterocycles. The maximum atomic E-state index is 14.4. The Bertz CT molecular complexity index is 1990. The van der Waals surface area contributed by atoms with Gasteiger partial charge in [-0.05, 0) is 30.9 Å². The van der Waals surface area contributed by atoms with Crippen molar-refractivity contribution in [1.29, 1.82) is 0 Å². The number of nitrogen functional groups attached to an aromatic ring is 1. The Labute approximate surface area is 289 Å². The van der Waals surface area contributed by atoms with E-state index >= 15 is 0 Å². The lowest BCUT2D eigenvalue weighted by molar-refractivity contribution is -0.146. The number of rotatable bonds is 12. The highest BCUT2D eigenvalue weighted by Gasteiger charge is 2.48. The van der Waals surface area contributed by atoms with Crippen molar-refractivity contribution in [1.82, 2.24) is 24.6 Å². The fraction of sp³-hybridized carbons (Fsp3) is 0.312. The Morgan fingerprint density at radius 1 is 1.15 bits per heavy atom. The number of anilines is 1. The van der Waals surface area contributed by atoms with E-state index < -0.39 is 37.7 Å². The highest BCUT2D eigenvalue weighted by Crippen LogP contribution is 2.49. The number of benzene rings is 3. The average Bonchev–Trinajstić information content (AvgIpc) is 3.55. The highest BCUT2D eigenvalue weighted by molar-refractivity contribution is 14.1. The van der Waals surface area contributed by atoms with E-state index in [1.54, 1.807) is 23.6 Å². The molecule has 0 spiro atoms. The Morgan fingerprint density at radius 3 is 2.65 bits per heavy atom. The van der Waals surface area contributed by atoms with Crippen molar-refractivity contribution in [3.8, 4) is 11.6 Å². The second-order valence-electron chi connectivity index (χ2n) is 11.5. The number of hydrogen-bond acceptors (Lipinski definition) is 12. The number of fused-ring (bicyclic) bond motifs is 2. The van der Waals surface area contributed by atoms with Crippen LogP contribution in [0.25, 0.3) is 21.9 Å². The van der Waals surface area contributed by atoms with Gasteiger partial charge in [0, 0.05) is 34.4 Å². The third kappa shape index (κ3) is 7.26. The van der Waals surface area contributed by atoms with Crippen molar-refractivity contribution in [3.05, 3.63) is 82.2 Å². The molecule has 3 aromatic carbocycles. The minimum absolute atomic E-state index is 0.0385. The minimum atomic E-state index is -4.28. The molecule has 1 aliphatic heterocycles. The fourth-order valence-corrected chi connectivity index (χ4v) is 7.75. The number of halogens is 1. The van der Waals surface area contributed by atoms with E-state index in [4.69, 9.17) is 29.0 Å². The third-order valence-corrected chi connectivity index (χ3v) is 10.1. The van der Waals surface area contributed by atoms with E-state index in [1.807, 2.05) is 83.3 Å². The molecule has 252 valence electrons. The first-order chi connectivity index (χ1) is 23.0. The molecular formula is C32H34IN6O8P. The predicted molar refractivity (Wildman–Crippen MR) is 185 cm³/mol. The zero-order valence-corrected chi connectivity index (χ0v) is 29.3. The van der Waals surface area contributed by atoms with E-state index in [2.05, 4.69) is 20.0 Å². The van der Waals surface area contributed by atoms with Gasteiger partial charge in [-0.2, -0.15) is 15.1 Å². The van der Waals surface area contributed by atoms with Crippen LogP contribution in [0.2, 0.25) is 0 Å². The van der Waals surface area contributed by atoms with Crippen LogP contribution in [0.5, 0.6) is 11.6 Å². The molecule has 0 bridgehead atoms. The van der Waals surface area contributed by atoms with Gasteiger partial charge < -0.3 is 29.6 Å². The lowest BCUT2D eigenvalue weighted by Crippen LogP contribution is -2.35. The monoisotopic (exact) mass is 788 g/mol. The standard InChI is InChI=1S/C32H34IN6O8P/c1-19(28(40)44-17-20-10-5-4-6-11-20)38-48(42,47-24-15-9-13-21-12-7-8-14-23(21)24)45-18-22-16-32(2,41)29(46-22)39-26-25(35-30(39)33)27(43-3)37-31(34)36-26/h4-15,19,22,29,41H,16-18H2,1-3H3,(H,38,42)(H2,34,36,37)/t19-,22-,29?,32+,48?/m0/s1. The summed E-state index contributed by atoms with van der Waals surface area (Å²) >= 11 is 2.00. The van der Waals surface area contributed by atoms with Crippen molar-refractivity contribution in [2.75, 3.05) is 19.5 Å². The van der Waals surface area contributed by atoms with Gasteiger partial charge in [-0.15, -0.1) is 0 Å². The molecule has 5 atom stereocenters. The number of methoxy groups -OCH3 is 1. The molecule has 1 fully saturated rings. The molecule has 0 saturated carbocycles. The summed E-state index contributed by atoms with van der Waals surface area (Å²) in [6, 6.07) is 20.9. The van der Waals surface area contributed by atoms with Gasteiger partial charge in [0.05, 0.1) is 19.8 Å². The first kappa shape index (κ1) is 34.0. The van der Waals surface area contributed by atoms with Crippen LogP contribution in [0.1, 0.15) is 32.1 Å². The molecule has 2 unspecified atom stereocenters. The van der Waals surface area contributed by atoms with Gasteiger partial charge >= 0.3 is 13.7 Å². The number of aliphatic hydroxyl groups is 1. The second-order valence-corrected chi connectivity index (χ2v) is 14.2. The van der Waals surface area contributed by atoms with Gasteiger partial charge in [-0.1, -0.05) is 66.7 Å².